The van der Waals surface area contributed by atoms with Gasteiger partial charge in [-0.3, -0.25) is 4.90 Å². The first-order chi connectivity index (χ1) is 12.4. The first-order valence-corrected chi connectivity index (χ1v) is 8.39. The van der Waals surface area contributed by atoms with Gasteiger partial charge in [0.25, 0.3) is 0 Å². The Hall–Kier alpha value is -2.41. The van der Waals surface area contributed by atoms with Gasteiger partial charge in [-0.15, -0.1) is 13.2 Å². The Labute approximate surface area is 150 Å². The molecule has 1 saturated heterocycles. The number of rotatable bonds is 5. The van der Waals surface area contributed by atoms with Crippen molar-refractivity contribution in [1.29, 1.82) is 0 Å². The maximum atomic E-state index is 12.2. The molecular weight excluding hydrogens is 345 g/mol. The quantitative estimate of drug-likeness (QED) is 0.801. The van der Waals surface area contributed by atoms with Crippen LogP contribution in [0.4, 0.5) is 18.9 Å². The molecule has 1 heterocycles. The molecule has 0 aliphatic carbocycles. The number of methoxy groups -OCH3 is 1. The van der Waals surface area contributed by atoms with Crippen molar-refractivity contribution >= 4 is 5.69 Å². The SMILES string of the molecule is COc1ccc(N2CCN(Cc3ccc(OC(F)(F)F)cc3)CC2)cc1. The Morgan fingerprint density at radius 1 is 0.846 bits per heavy atom. The predicted octanol–water partition coefficient (Wildman–Crippen LogP) is 3.92. The second kappa shape index (κ2) is 7.86. The first-order valence-electron chi connectivity index (χ1n) is 8.39. The second-order valence-electron chi connectivity index (χ2n) is 6.15. The predicted molar refractivity (Wildman–Crippen MR) is 93.6 cm³/mol. The van der Waals surface area contributed by atoms with Crippen LogP contribution in [0.5, 0.6) is 11.5 Å². The largest absolute Gasteiger partial charge is 0.573 e. The summed E-state index contributed by atoms with van der Waals surface area (Å²) in [4.78, 5) is 4.61. The number of nitrogens with zero attached hydrogens (tertiary/aromatic N) is 2. The number of halogens is 3. The summed E-state index contributed by atoms with van der Waals surface area (Å²) in [6.07, 6.45) is -4.65. The molecule has 0 N–H and O–H groups in total. The molecule has 4 nitrogen and oxygen atoms in total. The second-order valence-corrected chi connectivity index (χ2v) is 6.15. The molecule has 0 unspecified atom stereocenters. The minimum atomic E-state index is -4.65. The highest BCUT2D eigenvalue weighted by molar-refractivity contribution is 5.49. The number of hydrogen-bond donors (Lipinski definition) is 0. The average Bonchev–Trinajstić information content (AvgIpc) is 2.63. The van der Waals surface area contributed by atoms with Gasteiger partial charge in [-0.05, 0) is 42.0 Å². The van der Waals surface area contributed by atoms with Gasteiger partial charge in [0.05, 0.1) is 7.11 Å². The van der Waals surface area contributed by atoms with Crippen LogP contribution in [-0.4, -0.2) is 44.6 Å². The van der Waals surface area contributed by atoms with Crippen molar-refractivity contribution < 1.29 is 22.6 Å². The molecule has 1 fully saturated rings. The van der Waals surface area contributed by atoms with Crippen LogP contribution in [0.1, 0.15) is 5.56 Å². The molecule has 2 aromatic carbocycles. The van der Waals surface area contributed by atoms with E-state index in [1.807, 2.05) is 24.3 Å². The molecule has 0 radical (unpaired) electrons. The molecule has 0 aromatic heterocycles. The molecule has 1 aliphatic rings. The molecule has 0 spiro atoms. The van der Waals surface area contributed by atoms with Crippen molar-refractivity contribution in [2.45, 2.75) is 12.9 Å². The fourth-order valence-corrected chi connectivity index (χ4v) is 3.01. The van der Waals surface area contributed by atoms with Crippen LogP contribution in [0.25, 0.3) is 0 Å². The van der Waals surface area contributed by atoms with E-state index < -0.39 is 6.36 Å². The molecule has 0 bridgehead atoms. The average molecular weight is 366 g/mol. The van der Waals surface area contributed by atoms with E-state index in [2.05, 4.69) is 14.5 Å². The van der Waals surface area contributed by atoms with Crippen molar-refractivity contribution in [2.75, 3.05) is 38.2 Å². The zero-order valence-corrected chi connectivity index (χ0v) is 14.5. The normalized spacial score (nSPS) is 15.8. The van der Waals surface area contributed by atoms with E-state index in [-0.39, 0.29) is 5.75 Å². The van der Waals surface area contributed by atoms with Gasteiger partial charge in [0, 0.05) is 38.4 Å². The summed E-state index contributed by atoms with van der Waals surface area (Å²) in [5.41, 5.74) is 2.14. The number of piperazine rings is 1. The zero-order chi connectivity index (χ0) is 18.6. The molecule has 0 saturated carbocycles. The minimum Gasteiger partial charge on any atom is -0.497 e. The molecule has 7 heteroatoms. The molecule has 140 valence electrons. The topological polar surface area (TPSA) is 24.9 Å². The van der Waals surface area contributed by atoms with E-state index in [9.17, 15) is 13.2 Å². The highest BCUT2D eigenvalue weighted by Crippen LogP contribution is 2.24. The van der Waals surface area contributed by atoms with Crippen LogP contribution in [0, 0.1) is 0 Å². The Kier molecular flexibility index (Phi) is 5.56. The van der Waals surface area contributed by atoms with Crippen molar-refractivity contribution in [3.05, 3.63) is 54.1 Å². The van der Waals surface area contributed by atoms with E-state index in [1.54, 1.807) is 19.2 Å². The van der Waals surface area contributed by atoms with E-state index >= 15 is 0 Å². The molecular formula is C19H21F3N2O2. The van der Waals surface area contributed by atoms with Crippen molar-refractivity contribution in [2.24, 2.45) is 0 Å². The van der Waals surface area contributed by atoms with Gasteiger partial charge in [0.15, 0.2) is 0 Å². The standard InChI is InChI=1S/C19H21F3N2O2/c1-25-17-8-4-16(5-9-17)24-12-10-23(11-13-24)14-15-2-6-18(7-3-15)26-19(20,21)22/h2-9H,10-14H2,1H3. The third-order valence-corrected chi connectivity index (χ3v) is 4.37. The van der Waals surface area contributed by atoms with Crippen LogP contribution in [0.15, 0.2) is 48.5 Å². The van der Waals surface area contributed by atoms with Crippen molar-refractivity contribution in [1.82, 2.24) is 4.90 Å². The first kappa shape index (κ1) is 18.4. The van der Waals surface area contributed by atoms with Gasteiger partial charge in [-0.25, -0.2) is 0 Å². The van der Waals surface area contributed by atoms with E-state index in [4.69, 9.17) is 4.74 Å². The van der Waals surface area contributed by atoms with Gasteiger partial charge in [0.1, 0.15) is 11.5 Å². The maximum absolute atomic E-state index is 12.2. The number of anilines is 1. The Bertz CT molecular complexity index is 694. The lowest BCUT2D eigenvalue weighted by molar-refractivity contribution is -0.274. The van der Waals surface area contributed by atoms with Gasteiger partial charge in [0.2, 0.25) is 0 Å². The molecule has 2 aromatic rings. The van der Waals surface area contributed by atoms with Crippen LogP contribution in [0.2, 0.25) is 0 Å². The van der Waals surface area contributed by atoms with Gasteiger partial charge in [-0.1, -0.05) is 12.1 Å². The molecule has 26 heavy (non-hydrogen) atoms. The molecule has 0 atom stereocenters. The summed E-state index contributed by atoms with van der Waals surface area (Å²) < 4.78 is 45.6. The molecule has 0 amide bonds. The van der Waals surface area contributed by atoms with Crippen LogP contribution < -0.4 is 14.4 Å². The molecule has 1 aliphatic heterocycles. The summed E-state index contributed by atoms with van der Waals surface area (Å²) in [5, 5.41) is 0. The highest BCUT2D eigenvalue weighted by atomic mass is 19.4. The van der Waals surface area contributed by atoms with Crippen LogP contribution in [-0.2, 0) is 6.54 Å². The number of benzene rings is 2. The Morgan fingerprint density at radius 3 is 1.96 bits per heavy atom. The smallest absolute Gasteiger partial charge is 0.497 e. The fourth-order valence-electron chi connectivity index (χ4n) is 3.01. The van der Waals surface area contributed by atoms with Gasteiger partial charge >= 0.3 is 6.36 Å². The summed E-state index contributed by atoms with van der Waals surface area (Å²) in [6, 6.07) is 14.1. The van der Waals surface area contributed by atoms with Gasteiger partial charge in [-0.2, -0.15) is 0 Å². The van der Waals surface area contributed by atoms with Gasteiger partial charge < -0.3 is 14.4 Å². The number of alkyl halides is 3. The third-order valence-electron chi connectivity index (χ3n) is 4.37. The van der Waals surface area contributed by atoms with E-state index in [0.29, 0.717) is 6.54 Å². The maximum Gasteiger partial charge on any atom is 0.573 e. The van der Waals surface area contributed by atoms with Crippen molar-refractivity contribution in [3.63, 3.8) is 0 Å². The lowest BCUT2D eigenvalue weighted by atomic mass is 10.2. The minimum absolute atomic E-state index is 0.189. The Balaban J connectivity index is 1.50. The van der Waals surface area contributed by atoms with E-state index in [0.717, 1.165) is 37.5 Å². The van der Waals surface area contributed by atoms with Crippen LogP contribution >= 0.6 is 0 Å². The lowest BCUT2D eigenvalue weighted by Crippen LogP contribution is -2.45. The monoisotopic (exact) mass is 366 g/mol. The molecule has 3 rings (SSSR count). The summed E-state index contributed by atoms with van der Waals surface area (Å²) in [7, 11) is 1.65. The summed E-state index contributed by atoms with van der Waals surface area (Å²) in [5.74, 6) is 0.649. The number of hydrogen-bond acceptors (Lipinski definition) is 4. The third kappa shape index (κ3) is 5.05. The number of ether oxygens (including phenoxy) is 2. The fraction of sp³-hybridized carbons (Fsp3) is 0.368. The zero-order valence-electron chi connectivity index (χ0n) is 14.5. The van der Waals surface area contributed by atoms with Crippen LogP contribution in [0.3, 0.4) is 0 Å². The summed E-state index contributed by atoms with van der Waals surface area (Å²) >= 11 is 0. The van der Waals surface area contributed by atoms with E-state index in [1.165, 1.54) is 17.8 Å². The lowest BCUT2D eigenvalue weighted by Gasteiger charge is -2.36. The Morgan fingerprint density at radius 2 is 1.42 bits per heavy atom. The highest BCUT2D eigenvalue weighted by Gasteiger charge is 2.31. The van der Waals surface area contributed by atoms with Crippen molar-refractivity contribution in [3.8, 4) is 11.5 Å². The summed E-state index contributed by atoms with van der Waals surface area (Å²) in [6.45, 7) is 4.31.